The van der Waals surface area contributed by atoms with Gasteiger partial charge in [-0.1, -0.05) is 62.2 Å². The predicted octanol–water partition coefficient (Wildman–Crippen LogP) is 4.41. The largest absolute Gasteiger partial charge is 0.494 e. The van der Waals surface area contributed by atoms with Crippen LogP contribution in [0.15, 0.2) is 54.6 Å². The molecule has 2 atom stereocenters. The maximum atomic E-state index is 11.2. The molecule has 1 N–H and O–H groups in total. The van der Waals surface area contributed by atoms with Crippen LogP contribution in [0.5, 0.6) is 5.75 Å². The van der Waals surface area contributed by atoms with Crippen molar-refractivity contribution in [3.63, 3.8) is 0 Å². The molecule has 0 aliphatic carbocycles. The molecule has 0 amide bonds. The first-order valence-corrected chi connectivity index (χ1v) is 10.5. The molecule has 1 heterocycles. The number of unbranched alkanes of at least 4 members (excludes halogenated alkanes) is 2. The summed E-state index contributed by atoms with van der Waals surface area (Å²) in [5, 5.41) is 11.2. The number of hydrogen-bond acceptors (Lipinski definition) is 4. The Labute approximate surface area is 169 Å². The highest BCUT2D eigenvalue weighted by molar-refractivity contribution is 5.32. The van der Waals surface area contributed by atoms with Crippen molar-refractivity contribution in [3.05, 3.63) is 65.7 Å². The number of hydrogen-bond donors (Lipinski definition) is 1. The number of benzene rings is 2. The first-order chi connectivity index (χ1) is 13.8. The lowest BCUT2D eigenvalue weighted by Crippen LogP contribution is -2.39. The first kappa shape index (κ1) is 20.8. The van der Waals surface area contributed by atoms with Crippen LogP contribution in [0, 0.1) is 0 Å². The normalized spacial score (nSPS) is 17.2. The average molecular weight is 384 g/mol. The number of morpholine rings is 1. The maximum absolute atomic E-state index is 11.2. The summed E-state index contributed by atoms with van der Waals surface area (Å²) in [6.45, 7) is 7.13. The Kier molecular flexibility index (Phi) is 8.34. The van der Waals surface area contributed by atoms with Gasteiger partial charge in [0.15, 0.2) is 0 Å². The molecule has 0 radical (unpaired) electrons. The van der Waals surface area contributed by atoms with Gasteiger partial charge < -0.3 is 14.6 Å². The topological polar surface area (TPSA) is 41.9 Å². The van der Waals surface area contributed by atoms with Crippen LogP contribution in [0.4, 0.5) is 0 Å². The van der Waals surface area contributed by atoms with Crippen LogP contribution in [-0.4, -0.2) is 49.5 Å². The minimum atomic E-state index is -0.556. The van der Waals surface area contributed by atoms with Crippen LogP contribution < -0.4 is 4.74 Å². The molecule has 0 saturated carbocycles. The van der Waals surface area contributed by atoms with Gasteiger partial charge in [-0.15, -0.1) is 0 Å². The van der Waals surface area contributed by atoms with E-state index in [9.17, 15) is 5.11 Å². The van der Waals surface area contributed by atoms with Gasteiger partial charge in [-0.25, -0.2) is 0 Å². The number of nitrogens with zero attached hydrogens (tertiary/aromatic N) is 1. The Hall–Kier alpha value is -1.88. The smallest absolute Gasteiger partial charge is 0.119 e. The second-order valence-electron chi connectivity index (χ2n) is 7.50. The summed E-state index contributed by atoms with van der Waals surface area (Å²) >= 11 is 0. The average Bonchev–Trinajstić information content (AvgIpc) is 2.76. The quantitative estimate of drug-likeness (QED) is 0.617. The minimum absolute atomic E-state index is 0.0237. The molecule has 1 aliphatic rings. The molecule has 3 rings (SSSR count). The van der Waals surface area contributed by atoms with E-state index in [2.05, 4.69) is 24.0 Å². The number of aliphatic hydroxyl groups excluding tert-OH is 1. The summed E-state index contributed by atoms with van der Waals surface area (Å²) in [7, 11) is 0. The number of ether oxygens (including phenoxy) is 2. The monoisotopic (exact) mass is 383 g/mol. The van der Waals surface area contributed by atoms with Gasteiger partial charge in [-0.2, -0.15) is 0 Å². The summed E-state index contributed by atoms with van der Waals surface area (Å²) in [6, 6.07) is 18.3. The van der Waals surface area contributed by atoms with E-state index >= 15 is 0 Å². The molecule has 152 valence electrons. The summed E-state index contributed by atoms with van der Waals surface area (Å²) in [4.78, 5) is 2.38. The van der Waals surface area contributed by atoms with Gasteiger partial charge >= 0.3 is 0 Å². The second kappa shape index (κ2) is 11.2. The predicted molar refractivity (Wildman–Crippen MR) is 113 cm³/mol. The van der Waals surface area contributed by atoms with Crippen LogP contribution in [0.25, 0.3) is 0 Å². The lowest BCUT2D eigenvalue weighted by Gasteiger charge is -2.33. The SMILES string of the molecule is CCCCCOc1ccc([C@@H](O)[C@H](CN2CCOCC2)c2ccccc2)cc1. The van der Waals surface area contributed by atoms with E-state index in [1.807, 2.05) is 42.5 Å². The standard InChI is InChI=1S/C24H33NO3/c1-2-3-7-16-28-22-12-10-21(11-13-22)24(26)23(20-8-5-4-6-9-20)19-25-14-17-27-18-15-25/h4-6,8-13,23-24,26H,2-3,7,14-19H2,1H3/t23-,24-/m1/s1. The maximum Gasteiger partial charge on any atom is 0.119 e. The van der Waals surface area contributed by atoms with Crippen LogP contribution in [0.1, 0.15) is 49.3 Å². The van der Waals surface area contributed by atoms with E-state index in [1.54, 1.807) is 0 Å². The fourth-order valence-electron chi connectivity index (χ4n) is 3.69. The summed E-state index contributed by atoms with van der Waals surface area (Å²) in [5.74, 6) is 0.895. The number of aliphatic hydroxyl groups is 1. The van der Waals surface area contributed by atoms with E-state index in [1.165, 1.54) is 18.4 Å². The Morgan fingerprint density at radius 3 is 2.36 bits per heavy atom. The Bertz CT molecular complexity index is 668. The zero-order chi connectivity index (χ0) is 19.6. The van der Waals surface area contributed by atoms with Gasteiger partial charge in [-0.05, 0) is 29.7 Å². The van der Waals surface area contributed by atoms with Crippen molar-refractivity contribution in [2.45, 2.75) is 38.2 Å². The van der Waals surface area contributed by atoms with Crippen LogP contribution in [0.2, 0.25) is 0 Å². The Morgan fingerprint density at radius 1 is 0.964 bits per heavy atom. The molecule has 0 spiro atoms. The zero-order valence-electron chi connectivity index (χ0n) is 16.9. The van der Waals surface area contributed by atoms with Crippen LogP contribution >= 0.6 is 0 Å². The lowest BCUT2D eigenvalue weighted by atomic mass is 9.88. The lowest BCUT2D eigenvalue weighted by molar-refractivity contribution is 0.0240. The first-order valence-electron chi connectivity index (χ1n) is 10.5. The van der Waals surface area contributed by atoms with Crippen molar-refractivity contribution in [2.24, 2.45) is 0 Å². The van der Waals surface area contributed by atoms with E-state index in [0.29, 0.717) is 0 Å². The molecule has 1 saturated heterocycles. The van der Waals surface area contributed by atoms with Crippen molar-refractivity contribution in [1.82, 2.24) is 4.90 Å². The van der Waals surface area contributed by atoms with E-state index in [-0.39, 0.29) is 5.92 Å². The van der Waals surface area contributed by atoms with Gasteiger partial charge in [0.2, 0.25) is 0 Å². The van der Waals surface area contributed by atoms with Crippen molar-refractivity contribution >= 4 is 0 Å². The second-order valence-corrected chi connectivity index (χ2v) is 7.50. The van der Waals surface area contributed by atoms with Gasteiger partial charge in [0.1, 0.15) is 5.75 Å². The van der Waals surface area contributed by atoms with E-state index in [4.69, 9.17) is 9.47 Å². The van der Waals surface area contributed by atoms with E-state index < -0.39 is 6.10 Å². The molecule has 28 heavy (non-hydrogen) atoms. The number of rotatable bonds is 10. The molecule has 1 fully saturated rings. The molecule has 2 aromatic carbocycles. The van der Waals surface area contributed by atoms with E-state index in [0.717, 1.165) is 57.2 Å². The minimum Gasteiger partial charge on any atom is -0.494 e. The van der Waals surface area contributed by atoms with Gasteiger partial charge in [0, 0.05) is 25.6 Å². The van der Waals surface area contributed by atoms with Gasteiger partial charge in [0.05, 0.1) is 25.9 Å². The third-order valence-electron chi connectivity index (χ3n) is 5.41. The summed E-state index contributed by atoms with van der Waals surface area (Å²) in [6.07, 6.45) is 2.91. The van der Waals surface area contributed by atoms with Crippen LogP contribution in [0.3, 0.4) is 0 Å². The van der Waals surface area contributed by atoms with Gasteiger partial charge in [0.25, 0.3) is 0 Å². The fourth-order valence-corrected chi connectivity index (χ4v) is 3.69. The van der Waals surface area contributed by atoms with Crippen molar-refractivity contribution in [1.29, 1.82) is 0 Å². The van der Waals surface area contributed by atoms with Crippen LogP contribution in [-0.2, 0) is 4.74 Å². The molecule has 2 aromatic rings. The third-order valence-corrected chi connectivity index (χ3v) is 5.41. The fraction of sp³-hybridized carbons (Fsp3) is 0.500. The third kappa shape index (κ3) is 6.06. The van der Waals surface area contributed by atoms with Crippen molar-refractivity contribution in [3.8, 4) is 5.75 Å². The highest BCUT2D eigenvalue weighted by Gasteiger charge is 2.26. The molecular formula is C24H33NO3. The molecule has 1 aliphatic heterocycles. The molecule has 0 aromatic heterocycles. The zero-order valence-corrected chi connectivity index (χ0v) is 16.9. The summed E-state index contributed by atoms with van der Waals surface area (Å²) in [5.41, 5.74) is 2.10. The summed E-state index contributed by atoms with van der Waals surface area (Å²) < 4.78 is 11.3. The van der Waals surface area contributed by atoms with Crippen molar-refractivity contribution < 1.29 is 14.6 Å². The molecule has 0 bridgehead atoms. The molecule has 0 unspecified atom stereocenters. The molecular weight excluding hydrogens is 350 g/mol. The Balaban J connectivity index is 1.68. The van der Waals surface area contributed by atoms with Crippen molar-refractivity contribution in [2.75, 3.05) is 39.5 Å². The Morgan fingerprint density at radius 2 is 1.68 bits per heavy atom. The highest BCUT2D eigenvalue weighted by atomic mass is 16.5. The van der Waals surface area contributed by atoms with Gasteiger partial charge in [-0.3, -0.25) is 4.90 Å². The molecule has 4 nitrogen and oxygen atoms in total. The highest BCUT2D eigenvalue weighted by Crippen LogP contribution is 2.33. The molecule has 4 heteroatoms.